The maximum Gasteiger partial charge on any atom is 0.286 e. The van der Waals surface area contributed by atoms with Crippen LogP contribution < -0.4 is 4.90 Å². The number of halogens is 1. The first-order valence-electron chi connectivity index (χ1n) is 10.1. The van der Waals surface area contributed by atoms with Crippen molar-refractivity contribution < 1.29 is 18.1 Å². The summed E-state index contributed by atoms with van der Waals surface area (Å²) < 4.78 is 29.6. The number of fused-ring (bicyclic) bond motifs is 3. The van der Waals surface area contributed by atoms with Crippen LogP contribution in [0.4, 0.5) is 11.4 Å². The van der Waals surface area contributed by atoms with Crippen molar-refractivity contribution in [3.8, 4) is 0 Å². The molecule has 32 heavy (non-hydrogen) atoms. The molecule has 2 aliphatic rings. The van der Waals surface area contributed by atoms with Crippen molar-refractivity contribution in [1.82, 2.24) is 4.90 Å². The summed E-state index contributed by atoms with van der Waals surface area (Å²) in [5, 5.41) is 11.3. The molecule has 4 rings (SSSR count). The number of amides is 1. The van der Waals surface area contributed by atoms with Crippen LogP contribution in [0.3, 0.4) is 0 Å². The molecule has 168 valence electrons. The zero-order valence-corrected chi connectivity index (χ0v) is 18.9. The maximum absolute atomic E-state index is 13.0. The Morgan fingerprint density at radius 3 is 2.75 bits per heavy atom. The van der Waals surface area contributed by atoms with Gasteiger partial charge in [-0.1, -0.05) is 18.0 Å². The first kappa shape index (κ1) is 22.2. The highest BCUT2D eigenvalue weighted by molar-refractivity contribution is 7.90. The van der Waals surface area contributed by atoms with Crippen molar-refractivity contribution in [2.24, 2.45) is 4.40 Å². The van der Waals surface area contributed by atoms with E-state index in [1.54, 1.807) is 12.1 Å². The number of non-ortho nitro benzene ring substituents is 1. The summed E-state index contributed by atoms with van der Waals surface area (Å²) in [6, 6.07) is 8.61. The molecule has 9 nitrogen and oxygen atoms in total. The first-order valence-corrected chi connectivity index (χ1v) is 11.9. The van der Waals surface area contributed by atoms with Gasteiger partial charge in [-0.15, -0.1) is 4.40 Å². The highest BCUT2D eigenvalue weighted by Crippen LogP contribution is 2.35. The predicted molar refractivity (Wildman–Crippen MR) is 121 cm³/mol. The van der Waals surface area contributed by atoms with Gasteiger partial charge < -0.3 is 9.80 Å². The average molecular weight is 477 g/mol. The van der Waals surface area contributed by atoms with Crippen molar-refractivity contribution in [1.29, 1.82) is 0 Å². The molecule has 2 aliphatic heterocycles. The van der Waals surface area contributed by atoms with Crippen molar-refractivity contribution in [2.45, 2.75) is 37.1 Å². The number of carbonyl (C=O) groups excluding carboxylic acids is 1. The monoisotopic (exact) mass is 476 g/mol. The van der Waals surface area contributed by atoms with Gasteiger partial charge in [0.25, 0.3) is 21.6 Å². The number of nitro groups is 1. The van der Waals surface area contributed by atoms with E-state index < -0.39 is 20.9 Å². The Morgan fingerprint density at radius 2 is 2.00 bits per heavy atom. The lowest BCUT2D eigenvalue weighted by molar-refractivity contribution is -0.384. The number of benzene rings is 2. The molecular formula is C21H21ClN4O5S. The number of carbonyl (C=O) groups is 1. The summed E-state index contributed by atoms with van der Waals surface area (Å²) in [5.41, 5.74) is 1.01. The Hall–Kier alpha value is -2.98. The molecule has 1 fully saturated rings. The van der Waals surface area contributed by atoms with E-state index >= 15 is 0 Å². The fourth-order valence-corrected chi connectivity index (χ4v) is 5.42. The van der Waals surface area contributed by atoms with Gasteiger partial charge in [-0.25, -0.2) is 0 Å². The third-order valence-electron chi connectivity index (χ3n) is 5.59. The Morgan fingerprint density at radius 1 is 1.22 bits per heavy atom. The minimum Gasteiger partial charge on any atom is -0.337 e. The van der Waals surface area contributed by atoms with Crippen LogP contribution in [0.1, 0.15) is 41.6 Å². The van der Waals surface area contributed by atoms with Gasteiger partial charge in [-0.3, -0.25) is 14.9 Å². The summed E-state index contributed by atoms with van der Waals surface area (Å²) in [7, 11) is -2.39. The second-order valence-electron chi connectivity index (χ2n) is 7.82. The smallest absolute Gasteiger partial charge is 0.286 e. The van der Waals surface area contributed by atoms with E-state index in [9.17, 15) is 23.3 Å². The zero-order chi connectivity index (χ0) is 23.0. The van der Waals surface area contributed by atoms with E-state index in [1.165, 1.54) is 36.2 Å². The van der Waals surface area contributed by atoms with Crippen molar-refractivity contribution in [2.75, 3.05) is 18.5 Å². The molecular weight excluding hydrogens is 456 g/mol. The summed E-state index contributed by atoms with van der Waals surface area (Å²) in [6.07, 6.45) is 3.44. The first-order chi connectivity index (χ1) is 15.2. The SMILES string of the molecule is CN(Cc1cc([N+](=O)[O-])ccc1Cl)C(=O)c1ccc2c(c1)S(=O)(=O)N=C1CCCCCN12. The number of sulfonamides is 1. The second kappa shape index (κ2) is 8.51. The van der Waals surface area contributed by atoms with E-state index in [4.69, 9.17) is 11.6 Å². The number of hydrogen-bond acceptors (Lipinski definition) is 6. The summed E-state index contributed by atoms with van der Waals surface area (Å²) >= 11 is 6.15. The van der Waals surface area contributed by atoms with Crippen LogP contribution >= 0.6 is 11.6 Å². The number of anilines is 1. The van der Waals surface area contributed by atoms with E-state index in [1.807, 2.05) is 4.90 Å². The highest BCUT2D eigenvalue weighted by Gasteiger charge is 2.32. The molecule has 11 heteroatoms. The molecule has 1 amide bonds. The minimum absolute atomic E-state index is 0.00998. The highest BCUT2D eigenvalue weighted by atomic mass is 35.5. The van der Waals surface area contributed by atoms with Gasteiger partial charge >= 0.3 is 0 Å². The topological polar surface area (TPSA) is 113 Å². The normalized spacial score (nSPS) is 16.9. The number of rotatable bonds is 4. The molecule has 0 radical (unpaired) electrons. The fourth-order valence-electron chi connectivity index (χ4n) is 3.96. The van der Waals surface area contributed by atoms with E-state index in [0.29, 0.717) is 35.1 Å². The van der Waals surface area contributed by atoms with Gasteiger partial charge in [0.1, 0.15) is 10.7 Å². The Kier molecular flexibility index (Phi) is 5.91. The van der Waals surface area contributed by atoms with Crippen LogP contribution in [-0.2, 0) is 16.6 Å². The average Bonchev–Trinajstić information content (AvgIpc) is 2.99. The molecule has 0 saturated carbocycles. The molecule has 2 aromatic rings. The molecule has 0 unspecified atom stereocenters. The molecule has 0 bridgehead atoms. The standard InChI is InChI=1S/C21H21ClN4O5S/c1-24(13-15-11-16(26(28)29)7-8-17(15)22)21(27)14-6-9-18-19(12-14)32(30,31)23-20-5-3-2-4-10-25(18)20/h6-9,11-12H,2-5,10,13H2,1H3. The van der Waals surface area contributed by atoms with Crippen molar-refractivity contribution in [3.63, 3.8) is 0 Å². The fraction of sp³-hybridized carbons (Fsp3) is 0.333. The molecule has 0 spiro atoms. The van der Waals surface area contributed by atoms with Crippen LogP contribution in [0.15, 0.2) is 45.7 Å². The van der Waals surface area contributed by atoms with Crippen molar-refractivity contribution >= 4 is 44.7 Å². The molecule has 0 N–H and O–H groups in total. The van der Waals surface area contributed by atoms with Crippen LogP contribution in [-0.4, -0.2) is 43.6 Å². The van der Waals surface area contributed by atoms with Crippen LogP contribution in [0.5, 0.6) is 0 Å². The summed E-state index contributed by atoms with van der Waals surface area (Å²) in [4.78, 5) is 26.8. The molecule has 0 aliphatic carbocycles. The number of nitro benzene ring substituents is 1. The van der Waals surface area contributed by atoms with Gasteiger partial charge in [0.15, 0.2) is 0 Å². The molecule has 1 saturated heterocycles. The number of amidine groups is 1. The van der Waals surface area contributed by atoms with Gasteiger partial charge in [0.05, 0.1) is 10.6 Å². The Labute approximate surface area is 190 Å². The predicted octanol–water partition coefficient (Wildman–Crippen LogP) is 4.00. The third kappa shape index (κ3) is 4.20. The van der Waals surface area contributed by atoms with Crippen LogP contribution in [0.2, 0.25) is 5.02 Å². The molecule has 2 heterocycles. The second-order valence-corrected chi connectivity index (χ2v) is 9.80. The van der Waals surface area contributed by atoms with Gasteiger partial charge in [0, 0.05) is 49.3 Å². The quantitative estimate of drug-likeness (QED) is 0.486. The summed E-state index contributed by atoms with van der Waals surface area (Å²) in [5.74, 6) is 0.114. The Bertz CT molecular complexity index is 1240. The van der Waals surface area contributed by atoms with E-state index in [0.717, 1.165) is 19.3 Å². The van der Waals surface area contributed by atoms with Gasteiger partial charge in [0.2, 0.25) is 0 Å². The lowest BCUT2D eigenvalue weighted by Crippen LogP contribution is -2.35. The van der Waals surface area contributed by atoms with Crippen LogP contribution in [0, 0.1) is 10.1 Å². The lowest BCUT2D eigenvalue weighted by atomic mass is 10.1. The zero-order valence-electron chi connectivity index (χ0n) is 17.3. The van der Waals surface area contributed by atoms with Gasteiger partial charge in [-0.05, 0) is 42.7 Å². The van der Waals surface area contributed by atoms with Crippen molar-refractivity contribution in [3.05, 3.63) is 62.7 Å². The van der Waals surface area contributed by atoms with E-state index in [2.05, 4.69) is 4.40 Å². The number of nitrogens with zero attached hydrogens (tertiary/aromatic N) is 4. The molecule has 0 atom stereocenters. The largest absolute Gasteiger partial charge is 0.337 e. The molecule has 2 aromatic carbocycles. The van der Waals surface area contributed by atoms with E-state index in [-0.39, 0.29) is 22.7 Å². The summed E-state index contributed by atoms with van der Waals surface area (Å²) in [6.45, 7) is 0.706. The van der Waals surface area contributed by atoms with Gasteiger partial charge in [-0.2, -0.15) is 8.42 Å². The third-order valence-corrected chi connectivity index (χ3v) is 7.29. The minimum atomic E-state index is -3.91. The van der Waals surface area contributed by atoms with Crippen LogP contribution in [0.25, 0.3) is 0 Å². The molecule has 0 aromatic heterocycles. The lowest BCUT2D eigenvalue weighted by Gasteiger charge is -2.30. The Balaban J connectivity index is 1.63. The number of hydrogen-bond donors (Lipinski definition) is 0. The maximum atomic E-state index is 13.0.